The quantitative estimate of drug-likeness (QED) is 0.879. The Kier molecular flexibility index (Phi) is 5.25. The predicted molar refractivity (Wildman–Crippen MR) is 90.3 cm³/mol. The third kappa shape index (κ3) is 4.20. The number of hydrogen-bond donors (Lipinski definition) is 1. The monoisotopic (exact) mass is 328 g/mol. The fourth-order valence-electron chi connectivity index (χ4n) is 3.39. The molecule has 2 N–H and O–H groups in total. The molecule has 6 heteroatoms. The molecule has 0 unspecified atom stereocenters. The lowest BCUT2D eigenvalue weighted by atomic mass is 9.90. The Hall–Kier alpha value is -2.21. The van der Waals surface area contributed by atoms with Gasteiger partial charge in [-0.1, -0.05) is 29.4 Å². The van der Waals surface area contributed by atoms with Crippen LogP contribution in [0.4, 0.5) is 0 Å². The van der Waals surface area contributed by atoms with Gasteiger partial charge < -0.3 is 10.3 Å². The molecule has 0 aliphatic carbocycles. The van der Waals surface area contributed by atoms with E-state index in [0.717, 1.165) is 19.5 Å². The Bertz CT molecular complexity index is 698. The molecule has 1 atom stereocenters. The number of nitrogens with zero attached hydrogens (tertiary/aromatic N) is 3. The zero-order chi connectivity index (χ0) is 16.9. The molecule has 6 nitrogen and oxygen atoms in total. The van der Waals surface area contributed by atoms with Gasteiger partial charge in [0.1, 0.15) is 0 Å². The van der Waals surface area contributed by atoms with Gasteiger partial charge in [0.25, 0.3) is 11.7 Å². The average molecular weight is 328 g/mol. The molecule has 1 aromatic heterocycles. The van der Waals surface area contributed by atoms with Gasteiger partial charge in [0.15, 0.2) is 0 Å². The van der Waals surface area contributed by atoms with Crippen molar-refractivity contribution in [2.75, 3.05) is 13.1 Å². The van der Waals surface area contributed by atoms with Crippen LogP contribution >= 0.6 is 0 Å². The molecule has 0 spiro atoms. The molecule has 1 aliphatic heterocycles. The summed E-state index contributed by atoms with van der Waals surface area (Å²) in [6, 6.07) is 8.60. The van der Waals surface area contributed by atoms with Crippen LogP contribution in [0.15, 0.2) is 28.8 Å². The lowest BCUT2D eigenvalue weighted by Gasteiger charge is -2.31. The molecular formula is C18H24N4O2. The first-order valence-electron chi connectivity index (χ1n) is 8.51. The van der Waals surface area contributed by atoms with Crippen molar-refractivity contribution in [2.45, 2.75) is 39.2 Å². The molecule has 2 heterocycles. The number of primary amides is 1. The molecule has 1 amide bonds. The van der Waals surface area contributed by atoms with Crippen molar-refractivity contribution < 1.29 is 9.32 Å². The minimum atomic E-state index is -0.653. The fourth-order valence-corrected chi connectivity index (χ4v) is 3.39. The van der Waals surface area contributed by atoms with Crippen LogP contribution in [0, 0.1) is 12.8 Å². The second kappa shape index (κ2) is 7.57. The van der Waals surface area contributed by atoms with Crippen LogP contribution in [0.1, 0.15) is 46.9 Å². The predicted octanol–water partition coefficient (Wildman–Crippen LogP) is 2.32. The number of hydrogen-bond acceptors (Lipinski definition) is 5. The molecule has 3 rings (SSSR count). The summed E-state index contributed by atoms with van der Waals surface area (Å²) >= 11 is 0. The van der Waals surface area contributed by atoms with Crippen LogP contribution in [0.25, 0.3) is 0 Å². The van der Waals surface area contributed by atoms with E-state index < -0.39 is 5.91 Å². The van der Waals surface area contributed by atoms with E-state index in [-0.39, 0.29) is 5.82 Å². The van der Waals surface area contributed by atoms with E-state index in [9.17, 15) is 4.79 Å². The highest BCUT2D eigenvalue weighted by molar-refractivity contribution is 5.88. The van der Waals surface area contributed by atoms with Gasteiger partial charge in [-0.15, -0.1) is 0 Å². The van der Waals surface area contributed by atoms with Gasteiger partial charge in [-0.2, -0.15) is 4.98 Å². The van der Waals surface area contributed by atoms with Crippen molar-refractivity contribution in [3.8, 4) is 0 Å². The van der Waals surface area contributed by atoms with Crippen LogP contribution in [0.5, 0.6) is 0 Å². The first kappa shape index (κ1) is 16.6. The van der Waals surface area contributed by atoms with E-state index in [4.69, 9.17) is 10.3 Å². The number of carbonyl (C=O) groups excluding carboxylic acids is 1. The summed E-state index contributed by atoms with van der Waals surface area (Å²) in [7, 11) is 0. The van der Waals surface area contributed by atoms with Crippen molar-refractivity contribution >= 4 is 5.91 Å². The van der Waals surface area contributed by atoms with E-state index in [1.54, 1.807) is 0 Å². The zero-order valence-electron chi connectivity index (χ0n) is 14.1. The number of aryl methyl sites for hydroxylation is 2. The third-order valence-electron chi connectivity index (χ3n) is 4.73. The van der Waals surface area contributed by atoms with Crippen LogP contribution in [-0.2, 0) is 13.0 Å². The summed E-state index contributed by atoms with van der Waals surface area (Å²) in [6.45, 7) is 4.81. The molecule has 0 radical (unpaired) electrons. The zero-order valence-corrected chi connectivity index (χ0v) is 14.1. The molecule has 0 bridgehead atoms. The maximum atomic E-state index is 11.0. The number of amides is 1. The van der Waals surface area contributed by atoms with Gasteiger partial charge >= 0.3 is 0 Å². The Balaban J connectivity index is 1.52. The highest BCUT2D eigenvalue weighted by Gasteiger charge is 2.22. The summed E-state index contributed by atoms with van der Waals surface area (Å²) in [5, 5.41) is 3.60. The molecule has 1 aromatic carbocycles. The van der Waals surface area contributed by atoms with Crippen LogP contribution in [0.3, 0.4) is 0 Å². The maximum Gasteiger partial charge on any atom is 0.290 e. The Morgan fingerprint density at radius 1 is 1.42 bits per heavy atom. The van der Waals surface area contributed by atoms with Crippen molar-refractivity contribution in [3.63, 3.8) is 0 Å². The average Bonchev–Trinajstić information content (AvgIpc) is 3.03. The molecule has 1 saturated heterocycles. The SMILES string of the molecule is Cc1ccccc1CC[C@@H]1CCCN(Cc2nc(C(N)=O)no2)C1. The Morgan fingerprint density at radius 3 is 3.00 bits per heavy atom. The number of carbonyl (C=O) groups is 1. The summed E-state index contributed by atoms with van der Waals surface area (Å²) in [5.74, 6) is 0.443. The van der Waals surface area contributed by atoms with E-state index in [1.165, 1.54) is 30.4 Å². The highest BCUT2D eigenvalue weighted by atomic mass is 16.5. The summed E-state index contributed by atoms with van der Waals surface area (Å²) in [4.78, 5) is 17.4. The summed E-state index contributed by atoms with van der Waals surface area (Å²) in [5.41, 5.74) is 7.96. The van der Waals surface area contributed by atoms with Gasteiger partial charge in [-0.25, -0.2) is 0 Å². The van der Waals surface area contributed by atoms with Crippen LogP contribution in [-0.4, -0.2) is 34.0 Å². The number of nitrogens with two attached hydrogens (primary N) is 1. The second-order valence-corrected chi connectivity index (χ2v) is 6.58. The van der Waals surface area contributed by atoms with E-state index >= 15 is 0 Å². The molecule has 24 heavy (non-hydrogen) atoms. The molecule has 0 saturated carbocycles. The van der Waals surface area contributed by atoms with Gasteiger partial charge in [0.2, 0.25) is 5.89 Å². The number of likely N-dealkylation sites (tertiary alicyclic amines) is 1. The molecular weight excluding hydrogens is 304 g/mol. The van der Waals surface area contributed by atoms with Gasteiger partial charge in [0, 0.05) is 6.54 Å². The van der Waals surface area contributed by atoms with E-state index in [2.05, 4.69) is 46.2 Å². The Morgan fingerprint density at radius 2 is 2.25 bits per heavy atom. The number of rotatable bonds is 6. The van der Waals surface area contributed by atoms with Crippen molar-refractivity contribution in [1.82, 2.24) is 15.0 Å². The van der Waals surface area contributed by atoms with Crippen LogP contribution in [0.2, 0.25) is 0 Å². The first-order chi connectivity index (χ1) is 11.6. The number of aromatic nitrogens is 2. The molecule has 1 fully saturated rings. The van der Waals surface area contributed by atoms with Crippen molar-refractivity contribution in [1.29, 1.82) is 0 Å². The molecule has 2 aromatic rings. The lowest BCUT2D eigenvalue weighted by Crippen LogP contribution is -2.35. The van der Waals surface area contributed by atoms with Crippen LogP contribution < -0.4 is 5.73 Å². The third-order valence-corrected chi connectivity index (χ3v) is 4.73. The number of benzene rings is 1. The molecule has 128 valence electrons. The lowest BCUT2D eigenvalue weighted by molar-refractivity contribution is 0.0987. The van der Waals surface area contributed by atoms with Crippen molar-refractivity contribution in [2.24, 2.45) is 11.7 Å². The number of piperidine rings is 1. The summed E-state index contributed by atoms with van der Waals surface area (Å²) in [6.07, 6.45) is 4.75. The normalized spacial score (nSPS) is 18.6. The largest absolute Gasteiger partial charge is 0.363 e. The van der Waals surface area contributed by atoms with E-state index in [0.29, 0.717) is 18.4 Å². The van der Waals surface area contributed by atoms with Gasteiger partial charge in [0.05, 0.1) is 6.54 Å². The minimum absolute atomic E-state index is 0.0434. The second-order valence-electron chi connectivity index (χ2n) is 6.58. The molecule has 1 aliphatic rings. The standard InChI is InChI=1S/C18H24N4O2/c1-13-5-2-3-7-15(13)9-8-14-6-4-10-22(11-14)12-16-20-18(17(19)23)21-24-16/h2-3,5,7,14H,4,6,8-12H2,1H3,(H2,19,23)/t14-/m0/s1. The topological polar surface area (TPSA) is 85.3 Å². The highest BCUT2D eigenvalue weighted by Crippen LogP contribution is 2.23. The van der Waals surface area contributed by atoms with Gasteiger partial charge in [-0.3, -0.25) is 9.69 Å². The van der Waals surface area contributed by atoms with E-state index in [1.807, 2.05) is 0 Å². The summed E-state index contributed by atoms with van der Waals surface area (Å²) < 4.78 is 5.11. The fraction of sp³-hybridized carbons (Fsp3) is 0.500. The van der Waals surface area contributed by atoms with Gasteiger partial charge in [-0.05, 0) is 56.2 Å². The van der Waals surface area contributed by atoms with Crippen molar-refractivity contribution in [3.05, 3.63) is 47.1 Å². The Labute approximate surface area is 142 Å². The first-order valence-corrected chi connectivity index (χ1v) is 8.51. The smallest absolute Gasteiger partial charge is 0.290 e. The maximum absolute atomic E-state index is 11.0. The minimum Gasteiger partial charge on any atom is -0.363 e.